The summed E-state index contributed by atoms with van der Waals surface area (Å²) < 4.78 is 6.98. The van der Waals surface area contributed by atoms with Gasteiger partial charge in [-0.2, -0.15) is 0 Å². The summed E-state index contributed by atoms with van der Waals surface area (Å²) in [5, 5.41) is 6.43. The van der Waals surface area contributed by atoms with Crippen molar-refractivity contribution in [1.82, 2.24) is 5.32 Å². The Labute approximate surface area is 182 Å². The number of fused-ring (bicyclic) bond motifs is 1. The van der Waals surface area contributed by atoms with Crippen molar-refractivity contribution in [2.45, 2.75) is 58.8 Å². The molecule has 1 aromatic heterocycles. The van der Waals surface area contributed by atoms with Crippen LogP contribution in [0, 0.1) is 5.92 Å². The van der Waals surface area contributed by atoms with E-state index in [0.717, 1.165) is 39.9 Å². The maximum Gasteiger partial charge on any atom is 0.336 e. The maximum atomic E-state index is 13.3. The number of benzene rings is 1. The fourth-order valence-corrected chi connectivity index (χ4v) is 5.88. The highest BCUT2D eigenvalue weighted by molar-refractivity contribution is 7.17. The number of dihydropyridines is 1. The van der Waals surface area contributed by atoms with Crippen LogP contribution in [0.2, 0.25) is 0 Å². The first-order chi connectivity index (χ1) is 14.5. The number of hydrogen-bond acceptors (Lipinski definition) is 5. The Balaban J connectivity index is 1.72. The van der Waals surface area contributed by atoms with Gasteiger partial charge in [0.15, 0.2) is 5.78 Å². The monoisotopic (exact) mass is 423 g/mol. The van der Waals surface area contributed by atoms with Crippen LogP contribution in [-0.2, 0) is 14.3 Å². The van der Waals surface area contributed by atoms with Gasteiger partial charge >= 0.3 is 5.97 Å². The second-order valence-electron chi connectivity index (χ2n) is 8.48. The van der Waals surface area contributed by atoms with E-state index in [1.807, 2.05) is 26.0 Å². The molecule has 1 N–H and O–H groups in total. The SMILES string of the molecule is CC(=O)C1=C(C)NC(C)=C(C(=O)OCC2CCCCC2)C1c1csc2ccccc12. The first-order valence-electron chi connectivity index (χ1n) is 10.8. The van der Waals surface area contributed by atoms with Gasteiger partial charge in [-0.1, -0.05) is 37.5 Å². The summed E-state index contributed by atoms with van der Waals surface area (Å²) in [4.78, 5) is 26.0. The number of thiophene rings is 1. The molecular formula is C25H29NO3S. The Hall–Kier alpha value is -2.40. The van der Waals surface area contributed by atoms with Crippen LogP contribution in [0.5, 0.6) is 0 Å². The van der Waals surface area contributed by atoms with Crippen LogP contribution in [-0.4, -0.2) is 18.4 Å². The van der Waals surface area contributed by atoms with Crippen molar-refractivity contribution < 1.29 is 14.3 Å². The Morgan fingerprint density at radius 1 is 1.07 bits per heavy atom. The summed E-state index contributed by atoms with van der Waals surface area (Å²) in [6, 6.07) is 8.16. The molecule has 1 unspecified atom stereocenters. The van der Waals surface area contributed by atoms with Crippen molar-refractivity contribution in [3.63, 3.8) is 0 Å². The van der Waals surface area contributed by atoms with Crippen LogP contribution >= 0.6 is 11.3 Å². The number of ether oxygens (including phenoxy) is 1. The molecule has 2 aliphatic rings. The Kier molecular flexibility index (Phi) is 6.09. The Bertz CT molecular complexity index is 1040. The van der Waals surface area contributed by atoms with E-state index in [0.29, 0.717) is 23.7 Å². The third-order valence-corrected chi connectivity index (χ3v) is 7.34. The van der Waals surface area contributed by atoms with Gasteiger partial charge in [-0.3, -0.25) is 4.79 Å². The van der Waals surface area contributed by atoms with Gasteiger partial charge in [0.1, 0.15) is 0 Å². The third kappa shape index (κ3) is 3.95. The summed E-state index contributed by atoms with van der Waals surface area (Å²) in [7, 11) is 0. The number of esters is 1. The molecule has 0 spiro atoms. The van der Waals surface area contributed by atoms with Gasteiger partial charge in [-0.15, -0.1) is 11.3 Å². The molecule has 0 bridgehead atoms. The predicted molar refractivity (Wildman–Crippen MR) is 121 cm³/mol. The highest BCUT2D eigenvalue weighted by atomic mass is 32.1. The van der Waals surface area contributed by atoms with Crippen molar-refractivity contribution in [1.29, 1.82) is 0 Å². The second-order valence-corrected chi connectivity index (χ2v) is 9.39. The smallest absolute Gasteiger partial charge is 0.336 e. The van der Waals surface area contributed by atoms with Gasteiger partial charge in [0, 0.05) is 27.6 Å². The van der Waals surface area contributed by atoms with Crippen molar-refractivity contribution in [2.75, 3.05) is 6.61 Å². The fourth-order valence-electron chi connectivity index (χ4n) is 4.89. The molecule has 5 heteroatoms. The molecule has 158 valence electrons. The molecule has 1 saturated carbocycles. The minimum atomic E-state index is -0.404. The molecule has 1 atom stereocenters. The lowest BCUT2D eigenvalue weighted by atomic mass is 9.79. The van der Waals surface area contributed by atoms with Crippen molar-refractivity contribution in [3.05, 3.63) is 57.7 Å². The molecule has 1 aromatic carbocycles. The zero-order valence-corrected chi connectivity index (χ0v) is 18.7. The minimum Gasteiger partial charge on any atom is -0.462 e. The van der Waals surface area contributed by atoms with Gasteiger partial charge in [-0.25, -0.2) is 4.79 Å². The summed E-state index contributed by atoms with van der Waals surface area (Å²) in [6.07, 6.45) is 5.95. The average molecular weight is 424 g/mol. The van der Waals surface area contributed by atoms with E-state index in [1.54, 1.807) is 18.3 Å². The van der Waals surface area contributed by atoms with E-state index in [9.17, 15) is 9.59 Å². The Morgan fingerprint density at radius 3 is 2.50 bits per heavy atom. The number of rotatable bonds is 5. The first-order valence-corrected chi connectivity index (χ1v) is 11.7. The van der Waals surface area contributed by atoms with Crippen LogP contribution in [0.4, 0.5) is 0 Å². The molecule has 0 amide bonds. The maximum absolute atomic E-state index is 13.3. The van der Waals surface area contributed by atoms with Crippen molar-refractivity contribution in [2.24, 2.45) is 5.92 Å². The van der Waals surface area contributed by atoms with E-state index in [2.05, 4.69) is 22.8 Å². The van der Waals surface area contributed by atoms with Gasteiger partial charge in [0.2, 0.25) is 0 Å². The van der Waals surface area contributed by atoms with Gasteiger partial charge in [0.25, 0.3) is 0 Å². The van der Waals surface area contributed by atoms with E-state index in [1.165, 1.54) is 19.3 Å². The second kappa shape index (κ2) is 8.76. The Morgan fingerprint density at radius 2 is 1.77 bits per heavy atom. The number of carbonyl (C=O) groups excluding carboxylic acids is 2. The highest BCUT2D eigenvalue weighted by Crippen LogP contribution is 2.43. The van der Waals surface area contributed by atoms with Gasteiger partial charge in [-0.05, 0) is 61.9 Å². The molecule has 1 aliphatic heterocycles. The standard InChI is InChI=1S/C25H29NO3S/c1-15-22(17(3)27)24(20-14-30-21-12-8-7-11-19(20)21)23(16(2)26-15)25(28)29-13-18-9-5-4-6-10-18/h7-8,11-12,14,18,24,26H,4-6,9-10,13H2,1-3H3. The van der Waals surface area contributed by atoms with Crippen LogP contribution in [0.3, 0.4) is 0 Å². The number of Topliss-reactive ketones (excluding diaryl/α,β-unsaturated/α-hetero) is 1. The lowest BCUT2D eigenvalue weighted by Gasteiger charge is -2.31. The molecule has 0 radical (unpaired) electrons. The summed E-state index contributed by atoms with van der Waals surface area (Å²) in [5.74, 6) is -0.286. The molecule has 1 aliphatic carbocycles. The van der Waals surface area contributed by atoms with E-state index in [-0.39, 0.29) is 11.8 Å². The molecule has 1 fully saturated rings. The number of ketones is 1. The van der Waals surface area contributed by atoms with Crippen LogP contribution in [0.15, 0.2) is 52.2 Å². The van der Waals surface area contributed by atoms with Crippen molar-refractivity contribution >= 4 is 33.2 Å². The summed E-state index contributed by atoms with van der Waals surface area (Å²) in [6.45, 7) is 5.85. The quantitative estimate of drug-likeness (QED) is 0.613. The number of allylic oxidation sites excluding steroid dienone is 3. The molecule has 4 rings (SSSR count). The van der Waals surface area contributed by atoms with Gasteiger partial charge in [0.05, 0.1) is 12.2 Å². The van der Waals surface area contributed by atoms with E-state index in [4.69, 9.17) is 4.74 Å². The lowest BCUT2D eigenvalue weighted by Crippen LogP contribution is -2.31. The molecule has 0 saturated heterocycles. The zero-order chi connectivity index (χ0) is 21.3. The molecular weight excluding hydrogens is 394 g/mol. The lowest BCUT2D eigenvalue weighted by molar-refractivity contribution is -0.141. The third-order valence-electron chi connectivity index (χ3n) is 6.36. The fraction of sp³-hybridized carbons (Fsp3) is 0.440. The number of hydrogen-bond donors (Lipinski definition) is 1. The topological polar surface area (TPSA) is 55.4 Å². The number of carbonyl (C=O) groups is 2. The van der Waals surface area contributed by atoms with Crippen LogP contribution in [0.25, 0.3) is 10.1 Å². The van der Waals surface area contributed by atoms with Gasteiger partial charge < -0.3 is 10.1 Å². The molecule has 30 heavy (non-hydrogen) atoms. The average Bonchev–Trinajstić information content (AvgIpc) is 3.16. The normalized spacial score (nSPS) is 20.4. The first kappa shape index (κ1) is 20.9. The predicted octanol–water partition coefficient (Wildman–Crippen LogP) is 5.85. The largest absolute Gasteiger partial charge is 0.462 e. The van der Waals surface area contributed by atoms with E-state index >= 15 is 0 Å². The zero-order valence-electron chi connectivity index (χ0n) is 17.9. The van der Waals surface area contributed by atoms with Crippen LogP contribution in [0.1, 0.15) is 64.4 Å². The van der Waals surface area contributed by atoms with Crippen molar-refractivity contribution in [3.8, 4) is 0 Å². The molecule has 2 aromatic rings. The van der Waals surface area contributed by atoms with Crippen LogP contribution < -0.4 is 5.32 Å². The highest BCUT2D eigenvalue weighted by Gasteiger charge is 2.37. The summed E-state index contributed by atoms with van der Waals surface area (Å²) in [5.41, 5.74) is 3.79. The number of nitrogens with one attached hydrogen (secondary N) is 1. The molecule has 2 heterocycles. The molecule has 4 nitrogen and oxygen atoms in total. The minimum absolute atomic E-state index is 0.0228. The van der Waals surface area contributed by atoms with E-state index < -0.39 is 5.92 Å². The summed E-state index contributed by atoms with van der Waals surface area (Å²) >= 11 is 1.64.